The quantitative estimate of drug-likeness (QED) is 0.0668. The predicted molar refractivity (Wildman–Crippen MR) is 214 cm³/mol. The predicted octanol–water partition coefficient (Wildman–Crippen LogP) is 9.08. The molecule has 9 heteroatoms. The summed E-state index contributed by atoms with van der Waals surface area (Å²) in [6, 6.07) is 46.5. The van der Waals surface area contributed by atoms with Crippen molar-refractivity contribution in [3.63, 3.8) is 0 Å². The van der Waals surface area contributed by atoms with Gasteiger partial charge in [-0.15, -0.1) is 0 Å². The minimum Gasteiger partial charge on any atom is -0.478 e. The van der Waals surface area contributed by atoms with Gasteiger partial charge >= 0.3 is 11.9 Å². The van der Waals surface area contributed by atoms with Crippen molar-refractivity contribution in [2.45, 2.75) is 11.8 Å². The van der Waals surface area contributed by atoms with Crippen LogP contribution < -0.4 is 4.74 Å². The molecule has 6 aromatic carbocycles. The first-order chi connectivity index (χ1) is 27.7. The average molecular weight is 757 g/mol. The van der Waals surface area contributed by atoms with E-state index < -0.39 is 23.8 Å². The van der Waals surface area contributed by atoms with Gasteiger partial charge in [0.2, 0.25) is 0 Å². The standard InChI is InChI=1S/C32H24O6.C16H12O3/c33-19-38-25-17-15-21(16-18-25)27-26(20-11-13-24(14-12-20)32(36)37)28(30(34)22-7-3-1-4-8-22)29(27)31(35)23-9-5-2-6-10-23;17-15(13-4-2-1-3-5-13)11-8-12-6-9-14(10-7-12)16(18)19/h1-19,26-29H,(H,36,37);1-11H,(H,18,19)/b;11-8+/t26-,27+,28+,29-;/m1./s1. The van der Waals surface area contributed by atoms with Gasteiger partial charge in [0.1, 0.15) is 5.75 Å². The smallest absolute Gasteiger partial charge is 0.335 e. The molecular weight excluding hydrogens is 721 g/mol. The van der Waals surface area contributed by atoms with E-state index in [1.54, 1.807) is 115 Å². The van der Waals surface area contributed by atoms with Crippen molar-refractivity contribution < 1.29 is 43.7 Å². The number of rotatable bonds is 13. The van der Waals surface area contributed by atoms with Crippen molar-refractivity contribution in [3.8, 4) is 5.75 Å². The van der Waals surface area contributed by atoms with Gasteiger partial charge in [0.15, 0.2) is 17.3 Å². The first kappa shape index (κ1) is 39.2. The molecule has 0 aliphatic heterocycles. The number of hydrogen-bond acceptors (Lipinski definition) is 7. The number of carbonyl (C=O) groups excluding carboxylic acids is 4. The Labute approximate surface area is 328 Å². The second-order valence-corrected chi connectivity index (χ2v) is 13.3. The summed E-state index contributed by atoms with van der Waals surface area (Å²) in [4.78, 5) is 72.6. The number of aromatic carboxylic acids is 2. The molecule has 6 aromatic rings. The van der Waals surface area contributed by atoms with Gasteiger partial charge in [0, 0.05) is 40.4 Å². The third kappa shape index (κ3) is 9.24. The number of carboxylic acid groups (broad SMARTS) is 2. The van der Waals surface area contributed by atoms with Crippen molar-refractivity contribution in [1.29, 1.82) is 0 Å². The van der Waals surface area contributed by atoms with E-state index in [-0.39, 0.29) is 40.3 Å². The highest BCUT2D eigenvalue weighted by molar-refractivity contribution is 6.08. The topological polar surface area (TPSA) is 152 Å². The molecule has 0 saturated heterocycles. The molecule has 1 fully saturated rings. The van der Waals surface area contributed by atoms with Crippen LogP contribution in [0.5, 0.6) is 5.75 Å². The van der Waals surface area contributed by atoms with Gasteiger partial charge in [-0.2, -0.15) is 0 Å². The van der Waals surface area contributed by atoms with Crippen LogP contribution in [0.3, 0.4) is 0 Å². The molecular formula is C48H36O9. The molecule has 0 aromatic heterocycles. The van der Waals surface area contributed by atoms with E-state index in [0.29, 0.717) is 28.9 Å². The zero-order valence-corrected chi connectivity index (χ0v) is 30.4. The van der Waals surface area contributed by atoms with Gasteiger partial charge in [0.05, 0.1) is 11.1 Å². The van der Waals surface area contributed by atoms with Crippen LogP contribution in [0.2, 0.25) is 0 Å². The molecule has 7 rings (SSSR count). The molecule has 0 radical (unpaired) electrons. The van der Waals surface area contributed by atoms with Crippen molar-refractivity contribution in [2.75, 3.05) is 0 Å². The van der Waals surface area contributed by atoms with E-state index in [2.05, 4.69) is 0 Å². The molecule has 57 heavy (non-hydrogen) atoms. The number of ether oxygens (including phenoxy) is 1. The lowest BCUT2D eigenvalue weighted by atomic mass is 9.49. The maximum absolute atomic E-state index is 13.9. The fourth-order valence-corrected chi connectivity index (χ4v) is 7.10. The summed E-state index contributed by atoms with van der Waals surface area (Å²) in [5, 5.41) is 18.1. The number of hydrogen-bond donors (Lipinski definition) is 2. The van der Waals surface area contributed by atoms with Crippen molar-refractivity contribution in [2.24, 2.45) is 11.8 Å². The molecule has 0 heterocycles. The number of carbonyl (C=O) groups is 6. The highest BCUT2D eigenvalue weighted by Crippen LogP contribution is 2.59. The van der Waals surface area contributed by atoms with Gasteiger partial charge in [0.25, 0.3) is 6.47 Å². The van der Waals surface area contributed by atoms with Crippen LogP contribution in [0.25, 0.3) is 6.08 Å². The SMILES string of the molecule is O=C(O)c1ccc(/C=C/C(=O)c2ccccc2)cc1.O=COc1ccc([C@@H]2[C@@H](C(=O)c3ccccc3)[C@@H](C(=O)c3ccccc3)[C@@H]2c2ccc(C(=O)O)cc2)cc1. The number of allylic oxidation sites excluding steroid dienone is 1. The van der Waals surface area contributed by atoms with Crippen LogP contribution in [0.1, 0.15) is 80.3 Å². The van der Waals surface area contributed by atoms with Gasteiger partial charge in [-0.3, -0.25) is 19.2 Å². The van der Waals surface area contributed by atoms with Crippen molar-refractivity contribution >= 4 is 41.8 Å². The zero-order chi connectivity index (χ0) is 40.3. The van der Waals surface area contributed by atoms with Gasteiger partial charge in [-0.25, -0.2) is 9.59 Å². The van der Waals surface area contributed by atoms with E-state index in [9.17, 15) is 33.9 Å². The van der Waals surface area contributed by atoms with Gasteiger partial charge < -0.3 is 14.9 Å². The molecule has 0 amide bonds. The van der Waals surface area contributed by atoms with Gasteiger partial charge in [-0.1, -0.05) is 133 Å². The monoisotopic (exact) mass is 756 g/mol. The highest BCUT2D eigenvalue weighted by atomic mass is 16.5. The minimum absolute atomic E-state index is 0.0806. The number of Topliss-reactive ketones (excluding diaryl/α,β-unsaturated/α-hetero) is 2. The summed E-state index contributed by atoms with van der Waals surface area (Å²) in [7, 11) is 0. The minimum atomic E-state index is -1.04. The second-order valence-electron chi connectivity index (χ2n) is 13.3. The van der Waals surface area contributed by atoms with Crippen molar-refractivity contribution in [1.82, 2.24) is 0 Å². The Morgan fingerprint density at radius 3 is 1.25 bits per heavy atom. The van der Waals surface area contributed by atoms with Crippen LogP contribution in [-0.2, 0) is 4.79 Å². The van der Waals surface area contributed by atoms with Gasteiger partial charge in [-0.05, 0) is 59.2 Å². The van der Waals surface area contributed by atoms with E-state index in [1.165, 1.54) is 30.3 Å². The summed E-state index contributed by atoms with van der Waals surface area (Å²) in [6.45, 7) is 0.349. The fraction of sp³-hybridized carbons (Fsp3) is 0.0833. The molecule has 1 aliphatic rings. The van der Waals surface area contributed by atoms with E-state index in [4.69, 9.17) is 9.84 Å². The Morgan fingerprint density at radius 2 is 0.842 bits per heavy atom. The van der Waals surface area contributed by atoms with Crippen LogP contribution in [0, 0.1) is 11.8 Å². The average Bonchev–Trinajstić information content (AvgIpc) is 3.24. The Balaban J connectivity index is 0.000000242. The van der Waals surface area contributed by atoms with Crippen LogP contribution >= 0.6 is 0 Å². The molecule has 2 N–H and O–H groups in total. The van der Waals surface area contributed by atoms with E-state index in [0.717, 1.165) is 16.7 Å². The molecule has 282 valence electrons. The Bertz CT molecular complexity index is 2390. The maximum Gasteiger partial charge on any atom is 0.335 e. The normalized spacial score (nSPS) is 16.9. The molecule has 0 unspecified atom stereocenters. The third-order valence-electron chi connectivity index (χ3n) is 9.90. The molecule has 1 aliphatic carbocycles. The Kier molecular flexibility index (Phi) is 12.5. The summed E-state index contributed by atoms with van der Waals surface area (Å²) in [5.41, 5.74) is 4.42. The molecule has 0 bridgehead atoms. The third-order valence-corrected chi connectivity index (χ3v) is 9.90. The lowest BCUT2D eigenvalue weighted by molar-refractivity contribution is -0.120. The molecule has 1 saturated carbocycles. The number of ketones is 3. The van der Waals surface area contributed by atoms with Crippen LogP contribution in [-0.4, -0.2) is 46.0 Å². The Hall–Kier alpha value is -7.52. The number of benzene rings is 6. The second kappa shape index (κ2) is 18.2. The first-order valence-corrected chi connectivity index (χ1v) is 18.0. The fourth-order valence-electron chi connectivity index (χ4n) is 7.10. The molecule has 0 spiro atoms. The summed E-state index contributed by atoms with van der Waals surface area (Å²) in [6.07, 6.45) is 3.14. The van der Waals surface area contributed by atoms with Crippen molar-refractivity contribution in [3.05, 3.63) is 214 Å². The summed E-state index contributed by atoms with van der Waals surface area (Å²) >= 11 is 0. The molecule has 9 nitrogen and oxygen atoms in total. The highest BCUT2D eigenvalue weighted by Gasteiger charge is 2.57. The van der Waals surface area contributed by atoms with Crippen LogP contribution in [0.15, 0.2) is 170 Å². The maximum atomic E-state index is 13.9. The van der Waals surface area contributed by atoms with E-state index >= 15 is 0 Å². The van der Waals surface area contributed by atoms with Crippen LogP contribution in [0.4, 0.5) is 0 Å². The summed E-state index contributed by atoms with van der Waals surface area (Å²) < 4.78 is 4.94. The number of carboxylic acids is 2. The zero-order valence-electron chi connectivity index (χ0n) is 30.4. The lowest BCUT2D eigenvalue weighted by Crippen LogP contribution is -2.51. The first-order valence-electron chi connectivity index (χ1n) is 18.0. The largest absolute Gasteiger partial charge is 0.478 e. The summed E-state index contributed by atoms with van der Waals surface area (Å²) in [5.74, 6) is -4.01. The van der Waals surface area contributed by atoms with E-state index in [1.807, 2.05) is 30.3 Å². The molecule has 4 atom stereocenters. The Morgan fingerprint density at radius 1 is 0.456 bits per heavy atom. The lowest BCUT2D eigenvalue weighted by Gasteiger charge is -2.51.